The van der Waals surface area contributed by atoms with Crippen LogP contribution in [0, 0.1) is 0 Å². The molecule has 78 valence electrons. The van der Waals surface area contributed by atoms with Gasteiger partial charge in [-0.25, -0.2) is 0 Å². The summed E-state index contributed by atoms with van der Waals surface area (Å²) < 4.78 is 0. The Morgan fingerprint density at radius 1 is 1.14 bits per heavy atom. The van der Waals surface area contributed by atoms with Gasteiger partial charge < -0.3 is 10.6 Å². The first-order chi connectivity index (χ1) is 6.45. The number of halogens is 1. The molecule has 0 radical (unpaired) electrons. The van der Waals surface area contributed by atoms with E-state index in [1.807, 2.05) is 0 Å². The Labute approximate surface area is 91.5 Å². The van der Waals surface area contributed by atoms with E-state index in [1.165, 1.54) is 5.56 Å². The quantitative estimate of drug-likeness (QED) is 0.771. The van der Waals surface area contributed by atoms with Crippen molar-refractivity contribution in [2.45, 2.75) is 12.5 Å². The Bertz CT molecular complexity index is 245. The van der Waals surface area contributed by atoms with Gasteiger partial charge in [0.05, 0.1) is 0 Å². The van der Waals surface area contributed by atoms with E-state index in [0.717, 1.165) is 26.1 Å². The minimum atomic E-state index is 0. The van der Waals surface area contributed by atoms with E-state index in [4.69, 9.17) is 0 Å². The highest BCUT2D eigenvalue weighted by Crippen LogP contribution is 2.03. The van der Waals surface area contributed by atoms with Crippen LogP contribution in [0.15, 0.2) is 30.3 Å². The Balaban J connectivity index is 0.000000980. The fourth-order valence-corrected chi connectivity index (χ4v) is 1.76. The summed E-state index contributed by atoms with van der Waals surface area (Å²) in [6.45, 7) is 3.29. The summed E-state index contributed by atoms with van der Waals surface area (Å²) in [5, 5.41) is 6.90. The summed E-state index contributed by atoms with van der Waals surface area (Å²) in [4.78, 5) is 0. The van der Waals surface area contributed by atoms with Gasteiger partial charge in [-0.15, -0.1) is 12.4 Å². The summed E-state index contributed by atoms with van der Waals surface area (Å²) in [5.74, 6) is 0. The van der Waals surface area contributed by atoms with E-state index in [1.54, 1.807) is 0 Å². The average Bonchev–Trinajstić information content (AvgIpc) is 2.21. The molecule has 0 unspecified atom stereocenters. The van der Waals surface area contributed by atoms with Gasteiger partial charge in [0.25, 0.3) is 0 Å². The van der Waals surface area contributed by atoms with Crippen LogP contribution < -0.4 is 10.6 Å². The molecular weight excluding hydrogens is 196 g/mol. The molecule has 0 aromatic heterocycles. The summed E-state index contributed by atoms with van der Waals surface area (Å²) in [5.41, 5.74) is 1.42. The molecule has 2 N–H and O–H groups in total. The third-order valence-corrected chi connectivity index (χ3v) is 2.45. The van der Waals surface area contributed by atoms with E-state index in [9.17, 15) is 0 Å². The average molecular weight is 213 g/mol. The van der Waals surface area contributed by atoms with E-state index in [2.05, 4.69) is 41.0 Å². The van der Waals surface area contributed by atoms with Gasteiger partial charge in [-0.1, -0.05) is 30.3 Å². The molecule has 3 heteroatoms. The molecule has 1 aromatic rings. The van der Waals surface area contributed by atoms with Gasteiger partial charge in [-0.3, -0.25) is 0 Å². The van der Waals surface area contributed by atoms with Crippen molar-refractivity contribution in [1.29, 1.82) is 0 Å². The maximum Gasteiger partial charge on any atom is 0.0233 e. The van der Waals surface area contributed by atoms with Gasteiger partial charge in [0, 0.05) is 25.7 Å². The van der Waals surface area contributed by atoms with Crippen LogP contribution in [0.25, 0.3) is 0 Å². The molecule has 2 rings (SSSR count). The minimum absolute atomic E-state index is 0. The fourth-order valence-electron chi connectivity index (χ4n) is 1.76. The van der Waals surface area contributed by atoms with Crippen LogP contribution in [0.3, 0.4) is 0 Å². The van der Waals surface area contributed by atoms with Crippen LogP contribution >= 0.6 is 12.4 Å². The van der Waals surface area contributed by atoms with Crippen molar-refractivity contribution in [1.82, 2.24) is 10.6 Å². The molecule has 0 saturated carbocycles. The molecular formula is C11H17ClN2. The van der Waals surface area contributed by atoms with E-state index < -0.39 is 0 Å². The van der Waals surface area contributed by atoms with Crippen LogP contribution in [-0.2, 0) is 6.42 Å². The normalized spacial score (nSPS) is 21.3. The number of nitrogens with one attached hydrogen (secondary N) is 2. The summed E-state index contributed by atoms with van der Waals surface area (Å²) in [7, 11) is 0. The third-order valence-electron chi connectivity index (χ3n) is 2.45. The number of piperazine rings is 1. The van der Waals surface area contributed by atoms with Crippen molar-refractivity contribution < 1.29 is 0 Å². The molecule has 1 saturated heterocycles. The molecule has 1 fully saturated rings. The van der Waals surface area contributed by atoms with Crippen molar-refractivity contribution in [3.05, 3.63) is 35.9 Å². The molecule has 1 atom stereocenters. The molecule has 14 heavy (non-hydrogen) atoms. The number of benzene rings is 1. The first kappa shape index (κ1) is 11.5. The highest BCUT2D eigenvalue weighted by molar-refractivity contribution is 5.85. The number of rotatable bonds is 2. The Morgan fingerprint density at radius 3 is 2.57 bits per heavy atom. The zero-order valence-electron chi connectivity index (χ0n) is 8.20. The van der Waals surface area contributed by atoms with E-state index in [0.29, 0.717) is 6.04 Å². The Morgan fingerprint density at radius 2 is 1.93 bits per heavy atom. The Kier molecular flexibility index (Phi) is 4.94. The van der Waals surface area contributed by atoms with E-state index in [-0.39, 0.29) is 12.4 Å². The second-order valence-corrected chi connectivity index (χ2v) is 3.54. The van der Waals surface area contributed by atoms with Crippen molar-refractivity contribution in [3.63, 3.8) is 0 Å². The van der Waals surface area contributed by atoms with Crippen molar-refractivity contribution in [2.75, 3.05) is 19.6 Å². The maximum atomic E-state index is 3.51. The zero-order chi connectivity index (χ0) is 8.93. The third kappa shape index (κ3) is 3.29. The Hall–Kier alpha value is -0.570. The number of hydrogen-bond acceptors (Lipinski definition) is 2. The van der Waals surface area contributed by atoms with Gasteiger partial charge in [0.1, 0.15) is 0 Å². The topological polar surface area (TPSA) is 24.1 Å². The largest absolute Gasteiger partial charge is 0.314 e. The first-order valence-corrected chi connectivity index (χ1v) is 4.93. The van der Waals surface area contributed by atoms with Crippen LogP contribution in [-0.4, -0.2) is 25.7 Å². The van der Waals surface area contributed by atoms with Crippen molar-refractivity contribution >= 4 is 12.4 Å². The highest BCUT2D eigenvalue weighted by atomic mass is 35.5. The number of hydrogen-bond donors (Lipinski definition) is 2. The lowest BCUT2D eigenvalue weighted by molar-refractivity contribution is 0.416. The molecule has 0 bridgehead atoms. The van der Waals surface area contributed by atoms with Gasteiger partial charge in [-0.2, -0.15) is 0 Å². The van der Waals surface area contributed by atoms with Gasteiger partial charge >= 0.3 is 0 Å². The zero-order valence-corrected chi connectivity index (χ0v) is 9.02. The molecule has 1 heterocycles. The lowest BCUT2D eigenvalue weighted by atomic mass is 10.1. The van der Waals surface area contributed by atoms with Gasteiger partial charge in [0.15, 0.2) is 0 Å². The van der Waals surface area contributed by atoms with E-state index >= 15 is 0 Å². The predicted molar refractivity (Wildman–Crippen MR) is 62.1 cm³/mol. The minimum Gasteiger partial charge on any atom is -0.314 e. The fraction of sp³-hybridized carbons (Fsp3) is 0.455. The second-order valence-electron chi connectivity index (χ2n) is 3.54. The first-order valence-electron chi connectivity index (χ1n) is 4.93. The smallest absolute Gasteiger partial charge is 0.0233 e. The lowest BCUT2D eigenvalue weighted by Gasteiger charge is -2.24. The van der Waals surface area contributed by atoms with Crippen LogP contribution in [0.1, 0.15) is 5.56 Å². The molecule has 0 amide bonds. The monoisotopic (exact) mass is 212 g/mol. The summed E-state index contributed by atoms with van der Waals surface area (Å²) in [6, 6.07) is 11.3. The molecule has 1 aliphatic rings. The maximum absolute atomic E-state index is 3.51. The summed E-state index contributed by atoms with van der Waals surface area (Å²) >= 11 is 0. The van der Waals surface area contributed by atoms with Crippen molar-refractivity contribution in [2.24, 2.45) is 0 Å². The van der Waals surface area contributed by atoms with Crippen molar-refractivity contribution in [3.8, 4) is 0 Å². The standard InChI is InChI=1S/C11H16N2.ClH/c1-2-4-10(5-3-1)8-11-9-12-6-7-13-11;/h1-5,11-13H,6-9H2;1H/t11-;/m0./s1. The molecule has 0 aliphatic carbocycles. The SMILES string of the molecule is Cl.c1ccc(C[C@H]2CNCCN2)cc1. The summed E-state index contributed by atoms with van der Waals surface area (Å²) in [6.07, 6.45) is 1.13. The van der Waals surface area contributed by atoms with Crippen LogP contribution in [0.5, 0.6) is 0 Å². The molecule has 1 aromatic carbocycles. The highest BCUT2D eigenvalue weighted by Gasteiger charge is 2.11. The van der Waals surface area contributed by atoms with Gasteiger partial charge in [0.2, 0.25) is 0 Å². The molecule has 1 aliphatic heterocycles. The van der Waals surface area contributed by atoms with Crippen LogP contribution in [0.2, 0.25) is 0 Å². The second kappa shape index (κ2) is 6.02. The molecule has 0 spiro atoms. The molecule has 2 nitrogen and oxygen atoms in total. The predicted octanol–water partition coefficient (Wildman–Crippen LogP) is 1.21. The van der Waals surface area contributed by atoms with Crippen LogP contribution in [0.4, 0.5) is 0 Å². The van der Waals surface area contributed by atoms with Gasteiger partial charge in [-0.05, 0) is 12.0 Å². The lowest BCUT2D eigenvalue weighted by Crippen LogP contribution is -2.49.